The van der Waals surface area contributed by atoms with Crippen molar-refractivity contribution < 1.29 is 17.9 Å². The number of hydrogen-bond donors (Lipinski definition) is 0. The Morgan fingerprint density at radius 1 is 1.24 bits per heavy atom. The number of benzene rings is 1. The van der Waals surface area contributed by atoms with Gasteiger partial charge in [0.1, 0.15) is 5.56 Å². The van der Waals surface area contributed by atoms with Crippen LogP contribution in [0.2, 0.25) is 0 Å². The molecule has 9 heteroatoms. The number of carbonyl (C=O) groups is 1. The molecule has 0 amide bonds. The van der Waals surface area contributed by atoms with Crippen molar-refractivity contribution in [1.82, 2.24) is 14.1 Å². The van der Waals surface area contributed by atoms with Crippen LogP contribution in [-0.2, 0) is 21.3 Å². The summed E-state index contributed by atoms with van der Waals surface area (Å²) in [5, 5.41) is 13.0. The zero-order chi connectivity index (χ0) is 20.9. The fraction of sp³-hybridized carbons (Fsp3) is 0.450. The average molecular weight is 417 g/mol. The Bertz CT molecular complexity index is 1020. The van der Waals surface area contributed by atoms with Crippen molar-refractivity contribution in [3.63, 3.8) is 0 Å². The van der Waals surface area contributed by atoms with Gasteiger partial charge < -0.3 is 4.74 Å². The van der Waals surface area contributed by atoms with E-state index >= 15 is 0 Å². The van der Waals surface area contributed by atoms with Gasteiger partial charge in [-0.15, -0.1) is 0 Å². The molecule has 1 aromatic carbocycles. The van der Waals surface area contributed by atoms with Crippen molar-refractivity contribution in [2.45, 2.75) is 44.2 Å². The van der Waals surface area contributed by atoms with Crippen LogP contribution in [0.3, 0.4) is 0 Å². The molecule has 0 saturated carbocycles. The van der Waals surface area contributed by atoms with Gasteiger partial charge in [-0.3, -0.25) is 4.68 Å². The lowest BCUT2D eigenvalue weighted by atomic mass is 10.1. The summed E-state index contributed by atoms with van der Waals surface area (Å²) in [5.74, 6) is -0.710. The van der Waals surface area contributed by atoms with E-state index in [2.05, 4.69) is 11.2 Å². The molecule has 2 heterocycles. The Morgan fingerprint density at radius 2 is 1.97 bits per heavy atom. The Hall–Kier alpha value is -2.70. The highest BCUT2D eigenvalue weighted by Gasteiger charge is 2.33. The summed E-state index contributed by atoms with van der Waals surface area (Å²) in [6.45, 7) is 2.87. The Kier molecular flexibility index (Phi) is 6.67. The van der Waals surface area contributed by atoms with E-state index in [9.17, 15) is 13.2 Å². The van der Waals surface area contributed by atoms with Gasteiger partial charge in [-0.2, -0.15) is 14.7 Å². The summed E-state index contributed by atoms with van der Waals surface area (Å²) in [6, 6.07) is 9.02. The van der Waals surface area contributed by atoms with Crippen molar-refractivity contribution in [3.05, 3.63) is 47.2 Å². The molecule has 1 fully saturated rings. The van der Waals surface area contributed by atoms with Crippen LogP contribution >= 0.6 is 0 Å². The van der Waals surface area contributed by atoms with Crippen molar-refractivity contribution >= 4 is 16.0 Å². The summed E-state index contributed by atoms with van der Waals surface area (Å²) >= 11 is 0. The lowest BCUT2D eigenvalue weighted by molar-refractivity contribution is 0.0521. The standard InChI is InChI=1S/C20H24N4O4S/c1-2-28-20(25)18-15-23(14-17-9-7-8-16(12-17)13-21)22-19(18)29(26,27)24-10-5-3-4-6-11-24/h7-9,12,15H,2-6,10-11,14H2,1H3. The summed E-state index contributed by atoms with van der Waals surface area (Å²) in [7, 11) is -3.92. The third kappa shape index (κ3) is 4.83. The van der Waals surface area contributed by atoms with Crippen LogP contribution in [0.5, 0.6) is 0 Å². The number of rotatable bonds is 6. The molecule has 3 rings (SSSR count). The van der Waals surface area contributed by atoms with Crippen LogP contribution < -0.4 is 0 Å². The van der Waals surface area contributed by atoms with Gasteiger partial charge in [0, 0.05) is 19.3 Å². The molecule has 0 N–H and O–H groups in total. The van der Waals surface area contributed by atoms with E-state index in [0.29, 0.717) is 18.7 Å². The number of nitriles is 1. The number of sulfonamides is 1. The van der Waals surface area contributed by atoms with Gasteiger partial charge in [0.05, 0.1) is 24.8 Å². The topological polar surface area (TPSA) is 105 Å². The molecular weight excluding hydrogens is 392 g/mol. The van der Waals surface area contributed by atoms with Gasteiger partial charge in [-0.1, -0.05) is 25.0 Å². The minimum absolute atomic E-state index is 0.0625. The van der Waals surface area contributed by atoms with Crippen molar-refractivity contribution in [3.8, 4) is 6.07 Å². The summed E-state index contributed by atoms with van der Waals surface area (Å²) in [5.41, 5.74) is 1.21. The second-order valence-corrected chi connectivity index (χ2v) is 8.75. The highest BCUT2D eigenvalue weighted by molar-refractivity contribution is 7.89. The Labute approximate surface area is 170 Å². The van der Waals surface area contributed by atoms with Gasteiger partial charge in [-0.05, 0) is 37.5 Å². The zero-order valence-corrected chi connectivity index (χ0v) is 17.2. The summed E-state index contributed by atoms with van der Waals surface area (Å²) in [6.07, 6.45) is 4.95. The molecule has 1 aliphatic heterocycles. The molecule has 2 aromatic rings. The maximum atomic E-state index is 13.2. The van der Waals surface area contributed by atoms with Crippen LogP contribution in [0.4, 0.5) is 0 Å². The number of esters is 1. The SMILES string of the molecule is CCOC(=O)c1cn(Cc2cccc(C#N)c2)nc1S(=O)(=O)N1CCCCCC1. The second kappa shape index (κ2) is 9.20. The third-order valence-electron chi connectivity index (χ3n) is 4.77. The molecule has 0 radical (unpaired) electrons. The van der Waals surface area contributed by atoms with Crippen molar-refractivity contribution in [2.24, 2.45) is 0 Å². The third-order valence-corrected chi connectivity index (χ3v) is 6.61. The maximum Gasteiger partial charge on any atom is 0.342 e. The predicted octanol–water partition coefficient (Wildman–Crippen LogP) is 2.54. The molecule has 29 heavy (non-hydrogen) atoms. The highest BCUT2D eigenvalue weighted by Crippen LogP contribution is 2.23. The number of carbonyl (C=O) groups excluding carboxylic acids is 1. The molecule has 1 aliphatic rings. The van der Waals surface area contributed by atoms with Gasteiger partial charge in [0.15, 0.2) is 0 Å². The number of ether oxygens (including phenoxy) is 1. The fourth-order valence-corrected chi connectivity index (χ4v) is 4.96. The monoisotopic (exact) mass is 416 g/mol. The first-order valence-corrected chi connectivity index (χ1v) is 11.1. The molecule has 8 nitrogen and oxygen atoms in total. The minimum Gasteiger partial charge on any atom is -0.462 e. The van der Waals surface area contributed by atoms with E-state index in [0.717, 1.165) is 31.2 Å². The second-order valence-electron chi connectivity index (χ2n) is 6.90. The largest absolute Gasteiger partial charge is 0.462 e. The van der Waals surface area contributed by atoms with Crippen molar-refractivity contribution in [1.29, 1.82) is 5.26 Å². The number of aromatic nitrogens is 2. The zero-order valence-electron chi connectivity index (χ0n) is 16.4. The van der Waals surface area contributed by atoms with Gasteiger partial charge in [0.2, 0.25) is 5.03 Å². The average Bonchev–Trinajstić information content (AvgIpc) is 2.94. The molecular formula is C20H24N4O4S. The van der Waals surface area contributed by atoms with Crippen LogP contribution in [0.25, 0.3) is 0 Å². The first-order chi connectivity index (χ1) is 14.0. The maximum absolute atomic E-state index is 13.2. The molecule has 154 valence electrons. The number of nitrogens with zero attached hydrogens (tertiary/aromatic N) is 4. The predicted molar refractivity (Wildman–Crippen MR) is 106 cm³/mol. The van der Waals surface area contributed by atoms with Crippen LogP contribution in [0.1, 0.15) is 54.1 Å². The Balaban J connectivity index is 1.98. The number of hydrogen-bond acceptors (Lipinski definition) is 6. The first kappa shape index (κ1) is 21.0. The molecule has 0 bridgehead atoms. The smallest absolute Gasteiger partial charge is 0.342 e. The van der Waals surface area contributed by atoms with Gasteiger partial charge in [0.25, 0.3) is 10.0 Å². The first-order valence-electron chi connectivity index (χ1n) is 9.69. The van der Waals surface area contributed by atoms with E-state index in [-0.39, 0.29) is 23.7 Å². The van der Waals surface area contributed by atoms with Crippen molar-refractivity contribution in [2.75, 3.05) is 19.7 Å². The highest BCUT2D eigenvalue weighted by atomic mass is 32.2. The molecule has 0 aliphatic carbocycles. The van der Waals surface area contributed by atoms with E-state index in [1.54, 1.807) is 25.1 Å². The molecule has 1 saturated heterocycles. The van der Waals surface area contributed by atoms with Gasteiger partial charge in [-0.25, -0.2) is 13.2 Å². The normalized spacial score (nSPS) is 15.4. The molecule has 0 unspecified atom stereocenters. The van der Waals surface area contributed by atoms with Crippen LogP contribution in [0, 0.1) is 11.3 Å². The lowest BCUT2D eigenvalue weighted by Crippen LogP contribution is -2.33. The van der Waals surface area contributed by atoms with E-state index in [1.807, 2.05) is 6.07 Å². The lowest BCUT2D eigenvalue weighted by Gasteiger charge is -2.18. The Morgan fingerprint density at radius 3 is 2.62 bits per heavy atom. The molecule has 0 spiro atoms. The quantitative estimate of drug-likeness (QED) is 0.670. The summed E-state index contributed by atoms with van der Waals surface area (Å²) in [4.78, 5) is 12.4. The van der Waals surface area contributed by atoms with E-state index < -0.39 is 16.0 Å². The fourth-order valence-electron chi connectivity index (χ4n) is 3.35. The van der Waals surface area contributed by atoms with Gasteiger partial charge >= 0.3 is 5.97 Å². The van der Waals surface area contributed by atoms with Crippen LogP contribution in [0.15, 0.2) is 35.5 Å². The minimum atomic E-state index is -3.92. The van der Waals surface area contributed by atoms with E-state index in [4.69, 9.17) is 10.00 Å². The molecule has 0 atom stereocenters. The van der Waals surface area contributed by atoms with E-state index in [1.165, 1.54) is 15.2 Å². The summed E-state index contributed by atoms with van der Waals surface area (Å²) < 4.78 is 34.3. The van der Waals surface area contributed by atoms with Crippen LogP contribution in [-0.4, -0.2) is 48.2 Å². The molecule has 1 aromatic heterocycles.